The van der Waals surface area contributed by atoms with Gasteiger partial charge in [-0.25, -0.2) is 0 Å². The van der Waals surface area contributed by atoms with Crippen molar-refractivity contribution in [3.63, 3.8) is 0 Å². The molecule has 1 aromatic rings. The van der Waals surface area contributed by atoms with Crippen LogP contribution in [0.25, 0.3) is 0 Å². The fourth-order valence-electron chi connectivity index (χ4n) is 0.914. The molecule has 0 saturated carbocycles. The average Bonchev–Trinajstić information content (AvgIpc) is 1.98. The second-order valence-electron chi connectivity index (χ2n) is 2.67. The highest BCUT2D eigenvalue weighted by Crippen LogP contribution is 2.26. The summed E-state index contributed by atoms with van der Waals surface area (Å²) >= 11 is 11.0. The lowest BCUT2D eigenvalue weighted by molar-refractivity contribution is 0.501. The van der Waals surface area contributed by atoms with Gasteiger partial charge in [0.25, 0.3) is 0 Å². The molecule has 0 bridgehead atoms. The molecule has 72 valence electrons. The van der Waals surface area contributed by atoms with Crippen LogP contribution in [0, 0.1) is 6.92 Å². The number of hydrogen-bond acceptors (Lipinski definition) is 0. The fourth-order valence-corrected chi connectivity index (χ4v) is 1.42. The van der Waals surface area contributed by atoms with Crippen molar-refractivity contribution in [3.8, 4) is 0 Å². The highest BCUT2D eigenvalue weighted by Gasteiger charge is 2.29. The van der Waals surface area contributed by atoms with Crippen molar-refractivity contribution in [1.82, 2.24) is 0 Å². The minimum atomic E-state index is -5.08. The van der Waals surface area contributed by atoms with Crippen LogP contribution >= 0.6 is 23.2 Å². The molecule has 0 saturated heterocycles. The van der Waals surface area contributed by atoms with Gasteiger partial charge in [-0.3, -0.25) is 0 Å². The zero-order valence-electron chi connectivity index (χ0n) is 6.62. The molecule has 0 aliphatic carbocycles. The van der Waals surface area contributed by atoms with E-state index in [2.05, 4.69) is 0 Å². The molecular weight excluding hydrogens is 223 g/mol. The molecule has 0 radical (unpaired) electrons. The third-order valence-electron chi connectivity index (χ3n) is 1.66. The standard InChI is InChI=1S/C7H5BCl2F3/c1-4-2-3-5(8(11,12)13)7(10)6(4)9/h2-3H,1H3/q-1. The summed E-state index contributed by atoms with van der Waals surface area (Å²) in [5, 5.41) is -0.437. The highest BCUT2D eigenvalue weighted by atomic mass is 35.5. The first-order valence-electron chi connectivity index (χ1n) is 3.48. The summed E-state index contributed by atoms with van der Waals surface area (Å²) in [4.78, 5) is 0. The van der Waals surface area contributed by atoms with Gasteiger partial charge in [0.15, 0.2) is 0 Å². The molecule has 0 fully saturated rings. The molecule has 0 aliphatic rings. The lowest BCUT2D eigenvalue weighted by atomic mass is 9.80. The zero-order chi connectivity index (χ0) is 10.2. The van der Waals surface area contributed by atoms with Gasteiger partial charge < -0.3 is 12.9 Å². The first kappa shape index (κ1) is 10.7. The second kappa shape index (κ2) is 3.43. The van der Waals surface area contributed by atoms with E-state index in [4.69, 9.17) is 23.2 Å². The molecular formula is C7H5BCl2F3-. The molecule has 0 N–H and O–H groups in total. The molecule has 0 heterocycles. The number of benzene rings is 1. The SMILES string of the molecule is Cc1ccc([B-](F)(F)F)c(Cl)c1Cl. The van der Waals surface area contributed by atoms with Crippen LogP contribution in [0.15, 0.2) is 12.1 Å². The summed E-state index contributed by atoms with van der Waals surface area (Å²) in [5.74, 6) is 0. The molecule has 0 spiro atoms. The van der Waals surface area contributed by atoms with Crippen LogP contribution in [-0.2, 0) is 0 Å². The molecule has 0 atom stereocenters. The fraction of sp³-hybridized carbons (Fsp3) is 0.143. The largest absolute Gasteiger partial charge is 0.511 e. The first-order chi connectivity index (χ1) is 5.84. The van der Waals surface area contributed by atoms with Gasteiger partial charge in [-0.1, -0.05) is 40.8 Å². The third-order valence-corrected chi connectivity index (χ3v) is 2.65. The highest BCUT2D eigenvalue weighted by molar-refractivity contribution is 6.76. The predicted octanol–water partition coefficient (Wildman–Crippen LogP) is 3.36. The Labute approximate surface area is 83.7 Å². The van der Waals surface area contributed by atoms with Crippen LogP contribution < -0.4 is 5.46 Å². The maximum atomic E-state index is 12.3. The van der Waals surface area contributed by atoms with Gasteiger partial charge in [0.2, 0.25) is 0 Å². The maximum absolute atomic E-state index is 12.3. The summed E-state index contributed by atoms with van der Waals surface area (Å²) in [5.41, 5.74) is -0.298. The second-order valence-corrected chi connectivity index (χ2v) is 3.43. The van der Waals surface area contributed by atoms with Crippen molar-refractivity contribution in [2.75, 3.05) is 0 Å². The van der Waals surface area contributed by atoms with Gasteiger partial charge in [-0.2, -0.15) is 0 Å². The Kier molecular flexibility index (Phi) is 2.83. The minimum Gasteiger partial charge on any atom is -0.445 e. The third kappa shape index (κ3) is 2.12. The van der Waals surface area contributed by atoms with E-state index in [0.29, 0.717) is 5.56 Å². The Morgan fingerprint density at radius 3 is 2.08 bits per heavy atom. The van der Waals surface area contributed by atoms with Gasteiger partial charge in [0.05, 0.1) is 5.02 Å². The molecule has 6 heteroatoms. The Hall–Kier alpha value is -0.345. The van der Waals surface area contributed by atoms with Crippen LogP contribution in [-0.4, -0.2) is 6.98 Å². The summed E-state index contributed by atoms with van der Waals surface area (Å²) in [7, 11) is 0. The average molecular weight is 228 g/mol. The van der Waals surface area contributed by atoms with Gasteiger partial charge in [-0.05, 0) is 12.5 Å². The quantitative estimate of drug-likeness (QED) is 0.646. The Bertz CT molecular complexity index is 335. The molecule has 1 aromatic carbocycles. The summed E-state index contributed by atoms with van der Waals surface area (Å²) in [6.45, 7) is -3.48. The van der Waals surface area contributed by atoms with E-state index in [1.54, 1.807) is 6.92 Å². The van der Waals surface area contributed by atoms with Gasteiger partial charge in [0, 0.05) is 5.02 Å². The first-order valence-corrected chi connectivity index (χ1v) is 4.24. The Morgan fingerprint density at radius 2 is 1.62 bits per heavy atom. The van der Waals surface area contributed by atoms with Crippen LogP contribution in [0.3, 0.4) is 0 Å². The lowest BCUT2D eigenvalue weighted by Crippen LogP contribution is -2.35. The Balaban J connectivity index is 3.35. The van der Waals surface area contributed by atoms with Gasteiger partial charge >= 0.3 is 6.98 Å². The number of rotatable bonds is 1. The number of halogens is 5. The molecule has 13 heavy (non-hydrogen) atoms. The van der Waals surface area contributed by atoms with E-state index in [9.17, 15) is 12.9 Å². The monoisotopic (exact) mass is 227 g/mol. The zero-order valence-corrected chi connectivity index (χ0v) is 8.13. The van der Waals surface area contributed by atoms with E-state index in [0.717, 1.165) is 6.07 Å². The number of hydrogen-bond donors (Lipinski definition) is 0. The van der Waals surface area contributed by atoms with E-state index in [1.165, 1.54) is 6.07 Å². The molecule has 0 aliphatic heterocycles. The maximum Gasteiger partial charge on any atom is 0.511 e. The Morgan fingerprint density at radius 1 is 1.08 bits per heavy atom. The molecule has 0 unspecified atom stereocenters. The van der Waals surface area contributed by atoms with Crippen LogP contribution in [0.4, 0.5) is 12.9 Å². The van der Waals surface area contributed by atoms with Crippen molar-refractivity contribution >= 4 is 35.6 Å². The lowest BCUT2D eigenvalue weighted by Gasteiger charge is -2.17. The molecule has 1 rings (SSSR count). The molecule has 0 aromatic heterocycles. The van der Waals surface area contributed by atoms with Crippen LogP contribution in [0.2, 0.25) is 10.0 Å². The summed E-state index contributed by atoms with van der Waals surface area (Å²) in [6.07, 6.45) is 0. The van der Waals surface area contributed by atoms with Crippen molar-refractivity contribution in [2.24, 2.45) is 0 Å². The number of aryl methyl sites for hydroxylation is 1. The normalized spacial score (nSPS) is 11.8. The van der Waals surface area contributed by atoms with E-state index < -0.39 is 17.5 Å². The van der Waals surface area contributed by atoms with E-state index in [-0.39, 0.29) is 5.02 Å². The topological polar surface area (TPSA) is 0 Å². The van der Waals surface area contributed by atoms with Crippen molar-refractivity contribution < 1.29 is 12.9 Å². The molecule has 0 nitrogen and oxygen atoms in total. The minimum absolute atomic E-state index is 0.0293. The summed E-state index contributed by atoms with van der Waals surface area (Å²) < 4.78 is 36.8. The van der Waals surface area contributed by atoms with Crippen LogP contribution in [0.5, 0.6) is 0 Å². The van der Waals surface area contributed by atoms with Crippen molar-refractivity contribution in [2.45, 2.75) is 6.92 Å². The van der Waals surface area contributed by atoms with E-state index in [1.807, 2.05) is 0 Å². The molecule has 0 amide bonds. The van der Waals surface area contributed by atoms with Crippen LogP contribution in [0.1, 0.15) is 5.56 Å². The summed E-state index contributed by atoms with van der Waals surface area (Å²) in [6, 6.07) is 2.25. The van der Waals surface area contributed by atoms with Gasteiger partial charge in [0.1, 0.15) is 0 Å². The smallest absolute Gasteiger partial charge is 0.445 e. The van der Waals surface area contributed by atoms with Gasteiger partial charge in [-0.15, -0.1) is 0 Å². The predicted molar refractivity (Wildman–Crippen MR) is 49.9 cm³/mol. The van der Waals surface area contributed by atoms with E-state index >= 15 is 0 Å². The van der Waals surface area contributed by atoms with Crippen molar-refractivity contribution in [3.05, 3.63) is 27.7 Å². The van der Waals surface area contributed by atoms with Crippen molar-refractivity contribution in [1.29, 1.82) is 0 Å².